The highest BCUT2D eigenvalue weighted by molar-refractivity contribution is 5.91. The van der Waals surface area contributed by atoms with Gasteiger partial charge < -0.3 is 0 Å². The van der Waals surface area contributed by atoms with Crippen molar-refractivity contribution in [1.29, 1.82) is 0 Å². The van der Waals surface area contributed by atoms with E-state index in [4.69, 9.17) is 15.0 Å². The van der Waals surface area contributed by atoms with Gasteiger partial charge in [-0.05, 0) is 75.6 Å². The highest BCUT2D eigenvalue weighted by Gasteiger charge is 2.38. The molecule has 2 aliphatic carbocycles. The van der Waals surface area contributed by atoms with E-state index in [9.17, 15) is 0 Å². The summed E-state index contributed by atoms with van der Waals surface area (Å²) in [4.78, 5) is 14.7. The predicted octanol–water partition coefficient (Wildman–Crippen LogP) is 10.6. The Morgan fingerprint density at radius 1 is 0.444 bits per heavy atom. The second-order valence-corrected chi connectivity index (χ2v) is 12.4. The quantitative estimate of drug-likeness (QED) is 0.204. The van der Waals surface area contributed by atoms with Crippen LogP contribution in [-0.2, 0) is 5.41 Å². The summed E-state index contributed by atoms with van der Waals surface area (Å²) in [5.41, 5.74) is 13.4. The fraction of sp³-hybridized carbons (Fsp3) is 0.119. The predicted molar refractivity (Wildman–Crippen MR) is 185 cm³/mol. The van der Waals surface area contributed by atoms with Gasteiger partial charge in [-0.15, -0.1) is 0 Å². The van der Waals surface area contributed by atoms with Gasteiger partial charge in [0.2, 0.25) is 0 Å². The summed E-state index contributed by atoms with van der Waals surface area (Å²) in [7, 11) is 0. The summed E-state index contributed by atoms with van der Waals surface area (Å²) in [5, 5.41) is 0. The largest absolute Gasteiger partial charge is 0.208 e. The lowest BCUT2D eigenvalue weighted by Gasteiger charge is -2.23. The van der Waals surface area contributed by atoms with Gasteiger partial charge in [0, 0.05) is 22.1 Å². The lowest BCUT2D eigenvalue weighted by Crippen LogP contribution is -2.15. The lowest BCUT2D eigenvalue weighted by atomic mass is 9.80. The van der Waals surface area contributed by atoms with Crippen molar-refractivity contribution < 1.29 is 0 Å². The Labute approximate surface area is 264 Å². The van der Waals surface area contributed by atoms with Crippen LogP contribution in [0.15, 0.2) is 145 Å². The van der Waals surface area contributed by atoms with Crippen molar-refractivity contribution >= 4 is 5.57 Å². The molecule has 0 bridgehead atoms. The van der Waals surface area contributed by atoms with Crippen LogP contribution in [0, 0.1) is 0 Å². The zero-order chi connectivity index (χ0) is 30.4. The molecule has 0 saturated heterocycles. The van der Waals surface area contributed by atoms with Gasteiger partial charge in [0.1, 0.15) is 0 Å². The summed E-state index contributed by atoms with van der Waals surface area (Å²) < 4.78 is 0. The van der Waals surface area contributed by atoms with Crippen LogP contribution in [0.25, 0.3) is 62.0 Å². The normalized spacial score (nSPS) is 14.7. The summed E-state index contributed by atoms with van der Waals surface area (Å²) in [6.45, 7) is 4.73. The summed E-state index contributed by atoms with van der Waals surface area (Å²) in [5.74, 6) is 1.99. The summed E-state index contributed by atoms with van der Waals surface area (Å²) in [6.07, 6.45) is 7.13. The Balaban J connectivity index is 1.18. The van der Waals surface area contributed by atoms with Gasteiger partial charge in [0.05, 0.1) is 0 Å². The summed E-state index contributed by atoms with van der Waals surface area (Å²) >= 11 is 0. The average Bonchev–Trinajstić information content (AvgIpc) is 3.34. The molecular weight excluding hydrogens is 546 g/mol. The topological polar surface area (TPSA) is 38.7 Å². The second-order valence-electron chi connectivity index (χ2n) is 12.4. The van der Waals surface area contributed by atoms with E-state index >= 15 is 0 Å². The fourth-order valence-corrected chi connectivity index (χ4v) is 6.80. The molecule has 216 valence electrons. The van der Waals surface area contributed by atoms with Crippen molar-refractivity contribution in [3.63, 3.8) is 0 Å². The third-order valence-electron chi connectivity index (χ3n) is 9.16. The van der Waals surface area contributed by atoms with Crippen LogP contribution in [0.4, 0.5) is 0 Å². The van der Waals surface area contributed by atoms with Gasteiger partial charge in [-0.3, -0.25) is 0 Å². The Morgan fingerprint density at radius 2 is 0.911 bits per heavy atom. The van der Waals surface area contributed by atoms with Crippen LogP contribution in [0.5, 0.6) is 0 Å². The number of nitrogens with zero attached hydrogens (tertiary/aromatic N) is 3. The van der Waals surface area contributed by atoms with E-state index in [0.29, 0.717) is 17.5 Å². The van der Waals surface area contributed by atoms with Crippen LogP contribution in [0.2, 0.25) is 0 Å². The van der Waals surface area contributed by atoms with Gasteiger partial charge in [-0.1, -0.05) is 135 Å². The lowest BCUT2D eigenvalue weighted by molar-refractivity contribution is 0.655. The number of rotatable bonds is 5. The summed E-state index contributed by atoms with van der Waals surface area (Å²) in [6, 6.07) is 44.6. The molecule has 0 radical (unpaired) electrons. The molecule has 0 N–H and O–H groups in total. The van der Waals surface area contributed by atoms with Crippen LogP contribution < -0.4 is 0 Å². The number of allylic oxidation sites excluding steroid dienone is 4. The average molecular weight is 580 g/mol. The Bertz CT molecular complexity index is 2060. The van der Waals surface area contributed by atoms with Crippen molar-refractivity contribution in [2.45, 2.75) is 32.1 Å². The number of hydrogen-bond donors (Lipinski definition) is 0. The molecule has 0 amide bonds. The zero-order valence-corrected chi connectivity index (χ0v) is 25.5. The van der Waals surface area contributed by atoms with E-state index < -0.39 is 0 Å². The van der Waals surface area contributed by atoms with Gasteiger partial charge in [-0.2, -0.15) is 0 Å². The number of hydrogen-bond acceptors (Lipinski definition) is 3. The van der Waals surface area contributed by atoms with Gasteiger partial charge in [-0.25, -0.2) is 15.0 Å². The molecule has 8 rings (SSSR count). The SMILES string of the molecule is CC1(C)C2=CCCC=C2c2ccc(-c3cccc(-c4cccc(-c5nc(-c6ccccc6)nc(-c6ccccc6)n5)c4)c3)cc21. The van der Waals surface area contributed by atoms with Crippen molar-refractivity contribution in [2.75, 3.05) is 0 Å². The molecule has 3 heteroatoms. The van der Waals surface area contributed by atoms with Gasteiger partial charge in [0.25, 0.3) is 0 Å². The monoisotopic (exact) mass is 579 g/mol. The highest BCUT2D eigenvalue weighted by atomic mass is 15.0. The van der Waals surface area contributed by atoms with Gasteiger partial charge in [0.15, 0.2) is 17.5 Å². The molecular formula is C42H33N3. The molecule has 0 unspecified atom stereocenters. The smallest absolute Gasteiger partial charge is 0.164 e. The first-order valence-corrected chi connectivity index (χ1v) is 15.7. The van der Waals surface area contributed by atoms with Crippen molar-refractivity contribution in [1.82, 2.24) is 15.0 Å². The van der Waals surface area contributed by atoms with Crippen molar-refractivity contribution in [3.05, 3.63) is 156 Å². The Morgan fingerprint density at radius 3 is 1.51 bits per heavy atom. The Kier molecular flexibility index (Phi) is 6.60. The van der Waals surface area contributed by atoms with Crippen molar-refractivity contribution in [3.8, 4) is 56.4 Å². The molecule has 1 heterocycles. The molecule has 0 spiro atoms. The van der Waals surface area contributed by atoms with E-state index in [1.165, 1.54) is 33.4 Å². The molecule has 45 heavy (non-hydrogen) atoms. The maximum absolute atomic E-state index is 4.95. The van der Waals surface area contributed by atoms with E-state index in [1.807, 2.05) is 60.7 Å². The minimum Gasteiger partial charge on any atom is -0.208 e. The first kappa shape index (κ1) is 27.2. The second kappa shape index (κ2) is 10.9. The minimum atomic E-state index is 0.0191. The maximum atomic E-state index is 4.95. The number of aromatic nitrogens is 3. The highest BCUT2D eigenvalue weighted by Crippen LogP contribution is 2.52. The van der Waals surface area contributed by atoms with E-state index in [-0.39, 0.29) is 5.41 Å². The zero-order valence-electron chi connectivity index (χ0n) is 25.5. The van der Waals surface area contributed by atoms with Gasteiger partial charge >= 0.3 is 0 Å². The number of fused-ring (bicyclic) bond motifs is 3. The van der Waals surface area contributed by atoms with E-state index in [1.54, 1.807) is 0 Å². The first-order valence-electron chi connectivity index (χ1n) is 15.7. The third kappa shape index (κ3) is 4.91. The minimum absolute atomic E-state index is 0.0191. The maximum Gasteiger partial charge on any atom is 0.164 e. The molecule has 5 aromatic carbocycles. The third-order valence-corrected chi connectivity index (χ3v) is 9.16. The molecule has 6 aromatic rings. The van der Waals surface area contributed by atoms with Crippen LogP contribution in [0.1, 0.15) is 37.8 Å². The van der Waals surface area contributed by atoms with Crippen molar-refractivity contribution in [2.24, 2.45) is 0 Å². The van der Waals surface area contributed by atoms with Crippen LogP contribution in [0.3, 0.4) is 0 Å². The van der Waals surface area contributed by atoms with Crippen LogP contribution >= 0.6 is 0 Å². The molecule has 3 nitrogen and oxygen atoms in total. The number of benzene rings is 5. The molecule has 0 atom stereocenters. The first-order chi connectivity index (χ1) is 22.0. The molecule has 0 aliphatic heterocycles. The van der Waals surface area contributed by atoms with E-state index in [0.717, 1.165) is 40.7 Å². The fourth-order valence-electron chi connectivity index (χ4n) is 6.80. The Hall–Kier alpha value is -5.41. The molecule has 0 fully saturated rings. The molecule has 0 saturated carbocycles. The van der Waals surface area contributed by atoms with Crippen LogP contribution in [-0.4, -0.2) is 15.0 Å². The standard InChI is InChI=1S/C42H33N3/c1-42(2)37-22-10-9-21-35(37)36-24-23-33(27-38(36)42)31-18-11-17-30(25-31)32-19-12-20-34(26-32)41-44-39(28-13-5-3-6-14-28)43-40(45-41)29-15-7-4-8-16-29/h3-8,11-27H,9-10H2,1-2H3. The van der Waals surface area contributed by atoms with E-state index in [2.05, 4.69) is 92.7 Å². The molecule has 1 aromatic heterocycles. The molecule has 2 aliphatic rings.